The van der Waals surface area contributed by atoms with Crippen LogP contribution in [0.5, 0.6) is 0 Å². The van der Waals surface area contributed by atoms with Gasteiger partial charge < -0.3 is 9.73 Å². The molecule has 0 bridgehead atoms. The number of nitrogens with one attached hydrogen (secondary N) is 1. The molecule has 4 nitrogen and oxygen atoms in total. The highest BCUT2D eigenvalue weighted by Gasteiger charge is 2.13. The van der Waals surface area contributed by atoms with E-state index in [4.69, 9.17) is 27.6 Å². The van der Waals surface area contributed by atoms with Crippen LogP contribution in [0, 0.1) is 0 Å². The molecule has 3 aromatic carbocycles. The van der Waals surface area contributed by atoms with E-state index in [9.17, 15) is 4.79 Å². The summed E-state index contributed by atoms with van der Waals surface area (Å²) in [7, 11) is 0. The SMILES string of the molecule is CC(C)c1ccc2oc(-c3ccc(Cl)c(NC(=O)Cc4ccc(Cl)cc4)c3)nc2c1. The van der Waals surface area contributed by atoms with Crippen molar-refractivity contribution in [3.63, 3.8) is 0 Å². The summed E-state index contributed by atoms with van der Waals surface area (Å²) in [6.45, 7) is 4.28. The Morgan fingerprint density at radius 2 is 1.80 bits per heavy atom. The standard InChI is InChI=1S/C24H20Cl2N2O2/c1-14(2)16-6-10-22-21(12-16)28-24(30-22)17-5-9-19(26)20(13-17)27-23(29)11-15-3-7-18(25)8-4-15/h3-10,12-14H,11H2,1-2H3,(H,27,29). The zero-order valence-corrected chi connectivity index (χ0v) is 18.1. The number of nitrogens with zero attached hydrogens (tertiary/aromatic N) is 1. The minimum atomic E-state index is -0.171. The van der Waals surface area contributed by atoms with E-state index in [-0.39, 0.29) is 12.3 Å². The highest BCUT2D eigenvalue weighted by atomic mass is 35.5. The molecule has 1 N–H and O–H groups in total. The predicted octanol–water partition coefficient (Wildman–Crippen LogP) is 7.11. The summed E-state index contributed by atoms with van der Waals surface area (Å²) >= 11 is 12.2. The molecule has 0 radical (unpaired) electrons. The van der Waals surface area contributed by atoms with Crippen molar-refractivity contribution in [1.29, 1.82) is 0 Å². The van der Waals surface area contributed by atoms with Gasteiger partial charge in [0.15, 0.2) is 5.58 Å². The molecule has 0 saturated carbocycles. The largest absolute Gasteiger partial charge is 0.436 e. The Kier molecular flexibility index (Phi) is 5.80. The average Bonchev–Trinajstić information content (AvgIpc) is 3.14. The van der Waals surface area contributed by atoms with E-state index < -0.39 is 0 Å². The number of hydrogen-bond acceptors (Lipinski definition) is 3. The molecule has 0 aliphatic rings. The summed E-state index contributed by atoms with van der Waals surface area (Å²) in [6, 6.07) is 18.5. The third kappa shape index (κ3) is 4.50. The Morgan fingerprint density at radius 3 is 2.53 bits per heavy atom. The van der Waals surface area contributed by atoms with Crippen LogP contribution < -0.4 is 5.32 Å². The number of benzene rings is 3. The predicted molar refractivity (Wildman–Crippen MR) is 122 cm³/mol. The molecular weight excluding hydrogens is 419 g/mol. The number of fused-ring (bicyclic) bond motifs is 1. The minimum absolute atomic E-state index is 0.171. The van der Waals surface area contributed by atoms with Crippen molar-refractivity contribution < 1.29 is 9.21 Å². The Balaban J connectivity index is 1.57. The first-order chi connectivity index (χ1) is 14.4. The number of aromatic nitrogens is 1. The maximum atomic E-state index is 12.5. The summed E-state index contributed by atoms with van der Waals surface area (Å²) in [5.74, 6) is 0.721. The number of rotatable bonds is 5. The summed E-state index contributed by atoms with van der Waals surface area (Å²) in [6.07, 6.45) is 0.221. The van der Waals surface area contributed by atoms with E-state index in [1.165, 1.54) is 5.56 Å². The van der Waals surface area contributed by atoms with Gasteiger partial charge in [-0.25, -0.2) is 4.98 Å². The number of carbonyl (C=O) groups is 1. The monoisotopic (exact) mass is 438 g/mol. The van der Waals surface area contributed by atoms with Gasteiger partial charge in [0.25, 0.3) is 0 Å². The lowest BCUT2D eigenvalue weighted by atomic mass is 10.0. The lowest BCUT2D eigenvalue weighted by Crippen LogP contribution is -2.14. The smallest absolute Gasteiger partial charge is 0.228 e. The fourth-order valence-corrected chi connectivity index (χ4v) is 3.45. The van der Waals surface area contributed by atoms with E-state index >= 15 is 0 Å². The third-order valence-electron chi connectivity index (χ3n) is 4.84. The van der Waals surface area contributed by atoms with Crippen LogP contribution in [0.25, 0.3) is 22.6 Å². The molecule has 0 aliphatic heterocycles. The number of amides is 1. The van der Waals surface area contributed by atoms with Crippen LogP contribution in [0.2, 0.25) is 10.0 Å². The van der Waals surface area contributed by atoms with Crippen LogP contribution in [0.3, 0.4) is 0 Å². The second kappa shape index (κ2) is 8.50. The second-order valence-electron chi connectivity index (χ2n) is 7.45. The molecule has 4 aromatic rings. The molecule has 6 heteroatoms. The van der Waals surface area contributed by atoms with Crippen LogP contribution in [-0.4, -0.2) is 10.9 Å². The minimum Gasteiger partial charge on any atom is -0.436 e. The van der Waals surface area contributed by atoms with Crippen molar-refractivity contribution in [2.24, 2.45) is 0 Å². The van der Waals surface area contributed by atoms with Crippen LogP contribution in [0.15, 0.2) is 65.1 Å². The van der Waals surface area contributed by atoms with Crippen molar-refractivity contribution in [2.75, 3.05) is 5.32 Å². The van der Waals surface area contributed by atoms with Crippen molar-refractivity contribution in [3.8, 4) is 11.5 Å². The number of hydrogen-bond donors (Lipinski definition) is 1. The first-order valence-corrected chi connectivity index (χ1v) is 10.4. The van der Waals surface area contributed by atoms with Gasteiger partial charge >= 0.3 is 0 Å². The Hall–Kier alpha value is -2.82. The molecule has 4 rings (SSSR count). The number of carbonyl (C=O) groups excluding carboxylic acids is 1. The second-order valence-corrected chi connectivity index (χ2v) is 8.29. The molecule has 30 heavy (non-hydrogen) atoms. The molecule has 0 aliphatic carbocycles. The Morgan fingerprint density at radius 1 is 1.03 bits per heavy atom. The van der Waals surface area contributed by atoms with Gasteiger partial charge in [0, 0.05) is 10.6 Å². The molecule has 0 spiro atoms. The molecular formula is C24H20Cl2N2O2. The van der Waals surface area contributed by atoms with Crippen molar-refractivity contribution in [1.82, 2.24) is 4.98 Å². The maximum absolute atomic E-state index is 12.5. The van der Waals surface area contributed by atoms with E-state index in [0.29, 0.717) is 27.5 Å². The Labute approximate surface area is 184 Å². The van der Waals surface area contributed by atoms with Crippen LogP contribution in [0.4, 0.5) is 5.69 Å². The van der Waals surface area contributed by atoms with E-state index in [1.54, 1.807) is 24.3 Å². The van der Waals surface area contributed by atoms with Crippen molar-refractivity contribution >= 4 is 45.9 Å². The highest BCUT2D eigenvalue weighted by Crippen LogP contribution is 2.31. The Bertz CT molecular complexity index is 1210. The van der Waals surface area contributed by atoms with Gasteiger partial charge in [0.2, 0.25) is 11.8 Å². The normalized spacial score (nSPS) is 11.2. The highest BCUT2D eigenvalue weighted by molar-refractivity contribution is 6.33. The molecule has 0 atom stereocenters. The fourth-order valence-electron chi connectivity index (χ4n) is 3.16. The van der Waals surface area contributed by atoms with Gasteiger partial charge in [-0.05, 0) is 59.5 Å². The van der Waals surface area contributed by atoms with Gasteiger partial charge in [-0.2, -0.15) is 0 Å². The first kappa shape index (κ1) is 20.5. The van der Waals surface area contributed by atoms with Gasteiger partial charge in [0.1, 0.15) is 5.52 Å². The van der Waals surface area contributed by atoms with E-state index in [0.717, 1.165) is 22.2 Å². The van der Waals surface area contributed by atoms with E-state index in [2.05, 4.69) is 24.1 Å². The molecule has 0 unspecified atom stereocenters. The molecule has 0 saturated heterocycles. The molecule has 1 amide bonds. The summed E-state index contributed by atoms with van der Waals surface area (Å²) in [5, 5.41) is 3.95. The molecule has 0 fully saturated rings. The summed E-state index contributed by atoms with van der Waals surface area (Å²) in [5.41, 5.74) is 4.84. The van der Waals surface area contributed by atoms with Crippen LogP contribution in [0.1, 0.15) is 30.9 Å². The van der Waals surface area contributed by atoms with Crippen molar-refractivity contribution in [3.05, 3.63) is 81.8 Å². The number of halogens is 2. The average molecular weight is 439 g/mol. The molecule has 1 aromatic heterocycles. The van der Waals surface area contributed by atoms with Crippen LogP contribution >= 0.6 is 23.2 Å². The number of oxazole rings is 1. The number of anilines is 1. The van der Waals surface area contributed by atoms with Crippen molar-refractivity contribution in [2.45, 2.75) is 26.2 Å². The van der Waals surface area contributed by atoms with Crippen LogP contribution in [-0.2, 0) is 11.2 Å². The summed E-state index contributed by atoms with van der Waals surface area (Å²) < 4.78 is 5.92. The van der Waals surface area contributed by atoms with Gasteiger partial charge in [0.05, 0.1) is 17.1 Å². The van der Waals surface area contributed by atoms with E-state index in [1.807, 2.05) is 36.4 Å². The van der Waals surface area contributed by atoms with Gasteiger partial charge in [-0.3, -0.25) is 4.79 Å². The van der Waals surface area contributed by atoms with Gasteiger partial charge in [-0.1, -0.05) is 55.2 Å². The topological polar surface area (TPSA) is 55.1 Å². The quantitative estimate of drug-likeness (QED) is 0.361. The lowest BCUT2D eigenvalue weighted by molar-refractivity contribution is -0.115. The molecule has 152 valence electrons. The third-order valence-corrected chi connectivity index (χ3v) is 5.43. The summed E-state index contributed by atoms with van der Waals surface area (Å²) in [4.78, 5) is 17.1. The zero-order valence-electron chi connectivity index (χ0n) is 16.6. The first-order valence-electron chi connectivity index (χ1n) is 9.64. The molecule has 1 heterocycles. The zero-order chi connectivity index (χ0) is 21.3. The lowest BCUT2D eigenvalue weighted by Gasteiger charge is -2.09. The fraction of sp³-hybridized carbons (Fsp3) is 0.167. The van der Waals surface area contributed by atoms with Gasteiger partial charge in [-0.15, -0.1) is 0 Å². The maximum Gasteiger partial charge on any atom is 0.228 e.